The van der Waals surface area contributed by atoms with Crippen LogP contribution in [0.5, 0.6) is 5.75 Å². The first-order valence-corrected chi connectivity index (χ1v) is 9.19. The number of carbonyl (C=O) groups excluding carboxylic acids is 2. The molecule has 0 bridgehead atoms. The molecule has 6 nitrogen and oxygen atoms in total. The zero-order chi connectivity index (χ0) is 19.2. The first-order chi connectivity index (χ1) is 13.0. The van der Waals surface area contributed by atoms with Gasteiger partial charge < -0.3 is 20.7 Å². The SMILES string of the molecule is CC(C)[C@H](NC(=O)Nc1ccccc1)C(=O)N[C@H]1CCOc2ccccc21. The van der Waals surface area contributed by atoms with E-state index in [0.29, 0.717) is 18.7 Å². The van der Waals surface area contributed by atoms with Gasteiger partial charge >= 0.3 is 6.03 Å². The monoisotopic (exact) mass is 367 g/mol. The highest BCUT2D eigenvalue weighted by atomic mass is 16.5. The van der Waals surface area contributed by atoms with Gasteiger partial charge in [0.1, 0.15) is 11.8 Å². The summed E-state index contributed by atoms with van der Waals surface area (Å²) in [6.45, 7) is 4.37. The smallest absolute Gasteiger partial charge is 0.319 e. The highest BCUT2D eigenvalue weighted by Crippen LogP contribution is 2.31. The molecule has 0 fully saturated rings. The number of rotatable bonds is 5. The lowest BCUT2D eigenvalue weighted by atomic mass is 9.98. The van der Waals surface area contributed by atoms with Crippen LogP contribution in [0.4, 0.5) is 10.5 Å². The number of amides is 3. The van der Waals surface area contributed by atoms with Gasteiger partial charge in [0.15, 0.2) is 0 Å². The number of fused-ring (bicyclic) bond motifs is 1. The van der Waals surface area contributed by atoms with Gasteiger partial charge in [-0.2, -0.15) is 0 Å². The third-order valence-corrected chi connectivity index (χ3v) is 4.54. The minimum Gasteiger partial charge on any atom is -0.493 e. The quantitative estimate of drug-likeness (QED) is 0.757. The van der Waals surface area contributed by atoms with Gasteiger partial charge in [-0.25, -0.2) is 4.79 Å². The number of benzene rings is 2. The Morgan fingerprint density at radius 1 is 1.04 bits per heavy atom. The van der Waals surface area contributed by atoms with Gasteiger partial charge in [0, 0.05) is 17.7 Å². The predicted molar refractivity (Wildman–Crippen MR) is 105 cm³/mol. The fraction of sp³-hybridized carbons (Fsp3) is 0.333. The maximum absolute atomic E-state index is 12.9. The fourth-order valence-corrected chi connectivity index (χ4v) is 3.12. The number of anilines is 1. The minimum atomic E-state index is -0.635. The van der Waals surface area contributed by atoms with Crippen LogP contribution >= 0.6 is 0 Å². The molecule has 2 aromatic carbocycles. The van der Waals surface area contributed by atoms with E-state index >= 15 is 0 Å². The van der Waals surface area contributed by atoms with Crippen LogP contribution in [-0.4, -0.2) is 24.6 Å². The molecule has 27 heavy (non-hydrogen) atoms. The molecule has 0 saturated carbocycles. The predicted octanol–water partition coefficient (Wildman–Crippen LogP) is 3.47. The van der Waals surface area contributed by atoms with Crippen molar-refractivity contribution in [2.75, 3.05) is 11.9 Å². The number of urea groups is 1. The Morgan fingerprint density at radius 3 is 2.48 bits per heavy atom. The van der Waals surface area contributed by atoms with Crippen LogP contribution in [0.1, 0.15) is 31.9 Å². The summed E-state index contributed by atoms with van der Waals surface area (Å²) in [7, 11) is 0. The van der Waals surface area contributed by atoms with E-state index in [4.69, 9.17) is 4.74 Å². The van der Waals surface area contributed by atoms with Gasteiger partial charge in [0.2, 0.25) is 5.91 Å². The molecule has 0 radical (unpaired) electrons. The maximum Gasteiger partial charge on any atom is 0.319 e. The second-order valence-corrected chi connectivity index (χ2v) is 6.92. The van der Waals surface area contributed by atoms with Crippen molar-refractivity contribution in [2.45, 2.75) is 32.4 Å². The van der Waals surface area contributed by atoms with Crippen molar-refractivity contribution in [1.82, 2.24) is 10.6 Å². The highest BCUT2D eigenvalue weighted by Gasteiger charge is 2.29. The number of ether oxygens (including phenoxy) is 1. The van der Waals surface area contributed by atoms with Crippen LogP contribution in [-0.2, 0) is 4.79 Å². The summed E-state index contributed by atoms with van der Waals surface area (Å²) in [6.07, 6.45) is 0.698. The molecule has 0 unspecified atom stereocenters. The highest BCUT2D eigenvalue weighted by molar-refractivity contribution is 5.93. The molecule has 3 amide bonds. The summed E-state index contributed by atoms with van der Waals surface area (Å²) in [5, 5.41) is 8.60. The second kappa shape index (κ2) is 8.58. The maximum atomic E-state index is 12.9. The number of nitrogens with one attached hydrogen (secondary N) is 3. The van der Waals surface area contributed by atoms with Crippen LogP contribution in [0.3, 0.4) is 0 Å². The van der Waals surface area contributed by atoms with Gasteiger partial charge in [0.05, 0.1) is 12.6 Å². The largest absolute Gasteiger partial charge is 0.493 e. The first kappa shape index (κ1) is 18.8. The van der Waals surface area contributed by atoms with E-state index in [2.05, 4.69) is 16.0 Å². The average molecular weight is 367 g/mol. The van der Waals surface area contributed by atoms with Gasteiger partial charge in [-0.1, -0.05) is 50.2 Å². The first-order valence-electron chi connectivity index (χ1n) is 9.19. The molecule has 1 aliphatic rings. The Bertz CT molecular complexity index is 792. The van der Waals surface area contributed by atoms with Gasteiger partial charge in [-0.3, -0.25) is 4.79 Å². The summed E-state index contributed by atoms with van der Waals surface area (Å²) >= 11 is 0. The summed E-state index contributed by atoms with van der Waals surface area (Å²) in [5.74, 6) is 0.543. The number of hydrogen-bond donors (Lipinski definition) is 3. The van der Waals surface area contributed by atoms with E-state index in [0.717, 1.165) is 11.3 Å². The summed E-state index contributed by atoms with van der Waals surface area (Å²) in [6, 6.07) is 15.7. The Morgan fingerprint density at radius 2 is 1.74 bits per heavy atom. The standard InChI is InChI=1S/C21H25N3O3/c1-14(2)19(24-21(26)22-15-8-4-3-5-9-15)20(25)23-17-12-13-27-18-11-7-6-10-16(17)18/h3-11,14,17,19H,12-13H2,1-2H3,(H,23,25)(H2,22,24,26)/t17-,19-/m0/s1. The molecule has 6 heteroatoms. The molecule has 0 saturated heterocycles. The number of hydrogen-bond acceptors (Lipinski definition) is 3. The third kappa shape index (κ3) is 4.78. The molecule has 142 valence electrons. The Hall–Kier alpha value is -3.02. The Labute approximate surface area is 159 Å². The lowest BCUT2D eigenvalue weighted by molar-refractivity contribution is -0.124. The molecule has 0 aromatic heterocycles. The van der Waals surface area contributed by atoms with Crippen molar-refractivity contribution in [3.63, 3.8) is 0 Å². The van der Waals surface area contributed by atoms with Crippen molar-refractivity contribution < 1.29 is 14.3 Å². The van der Waals surface area contributed by atoms with E-state index in [-0.39, 0.29) is 17.9 Å². The van der Waals surface area contributed by atoms with Crippen LogP contribution < -0.4 is 20.7 Å². The fourth-order valence-electron chi connectivity index (χ4n) is 3.12. The molecular formula is C21H25N3O3. The molecule has 1 heterocycles. The Kier molecular flexibility index (Phi) is 5.96. The van der Waals surface area contributed by atoms with Crippen molar-refractivity contribution in [3.05, 3.63) is 60.2 Å². The van der Waals surface area contributed by atoms with Crippen LogP contribution in [0, 0.1) is 5.92 Å². The molecule has 2 aromatic rings. The summed E-state index contributed by atoms with van der Waals surface area (Å²) in [4.78, 5) is 25.2. The summed E-state index contributed by atoms with van der Waals surface area (Å²) in [5.41, 5.74) is 1.64. The second-order valence-electron chi connectivity index (χ2n) is 6.92. The van der Waals surface area contributed by atoms with Gasteiger partial charge in [0.25, 0.3) is 0 Å². The molecule has 2 atom stereocenters. The summed E-state index contributed by atoms with van der Waals surface area (Å²) < 4.78 is 5.64. The molecular weight excluding hydrogens is 342 g/mol. The number of carbonyl (C=O) groups is 2. The van der Waals surface area contributed by atoms with Crippen LogP contribution in [0.25, 0.3) is 0 Å². The topological polar surface area (TPSA) is 79.5 Å². The van der Waals surface area contributed by atoms with Crippen molar-refractivity contribution in [2.24, 2.45) is 5.92 Å². The van der Waals surface area contributed by atoms with Crippen LogP contribution in [0.15, 0.2) is 54.6 Å². The lowest BCUT2D eigenvalue weighted by Crippen LogP contribution is -2.51. The average Bonchev–Trinajstić information content (AvgIpc) is 2.67. The van der Waals surface area contributed by atoms with Crippen molar-refractivity contribution >= 4 is 17.6 Å². The van der Waals surface area contributed by atoms with Crippen molar-refractivity contribution in [1.29, 1.82) is 0 Å². The van der Waals surface area contributed by atoms with Crippen LogP contribution in [0.2, 0.25) is 0 Å². The van der Waals surface area contributed by atoms with E-state index in [1.54, 1.807) is 12.1 Å². The molecule has 0 aliphatic carbocycles. The third-order valence-electron chi connectivity index (χ3n) is 4.54. The van der Waals surface area contributed by atoms with E-state index < -0.39 is 12.1 Å². The normalized spacial score (nSPS) is 16.6. The Balaban J connectivity index is 1.65. The molecule has 1 aliphatic heterocycles. The van der Waals surface area contributed by atoms with Gasteiger partial charge in [-0.15, -0.1) is 0 Å². The van der Waals surface area contributed by atoms with Gasteiger partial charge in [-0.05, 0) is 24.1 Å². The van der Waals surface area contributed by atoms with E-state index in [1.807, 2.05) is 56.3 Å². The van der Waals surface area contributed by atoms with E-state index in [1.165, 1.54) is 0 Å². The lowest BCUT2D eigenvalue weighted by Gasteiger charge is -2.29. The zero-order valence-electron chi connectivity index (χ0n) is 15.6. The van der Waals surface area contributed by atoms with Crippen molar-refractivity contribution in [3.8, 4) is 5.75 Å². The zero-order valence-corrected chi connectivity index (χ0v) is 15.6. The molecule has 0 spiro atoms. The van der Waals surface area contributed by atoms with E-state index in [9.17, 15) is 9.59 Å². The number of para-hydroxylation sites is 2. The molecule has 3 rings (SSSR count). The molecule has 3 N–H and O–H groups in total. The minimum absolute atomic E-state index is 0.0541.